The van der Waals surface area contributed by atoms with Crippen LogP contribution in [-0.2, 0) is 18.6 Å². The molecule has 0 fully saturated rings. The molecule has 0 aliphatic rings. The summed E-state index contributed by atoms with van der Waals surface area (Å²) >= 11 is 3.15. The summed E-state index contributed by atoms with van der Waals surface area (Å²) in [6, 6.07) is 0. The number of aromatic nitrogens is 3. The third-order valence-electron chi connectivity index (χ3n) is 3.74. The quantitative estimate of drug-likeness (QED) is 0.341. The van der Waals surface area contributed by atoms with E-state index in [1.54, 1.807) is 11.8 Å². The molecule has 2 heterocycles. The van der Waals surface area contributed by atoms with Gasteiger partial charge in [0.25, 0.3) is 5.56 Å². The van der Waals surface area contributed by atoms with Crippen molar-refractivity contribution in [3.05, 3.63) is 38.5 Å². The fourth-order valence-electron chi connectivity index (χ4n) is 2.38. The number of thioether (sulfide) groups is 1. The number of guanidine groups is 1. The molecule has 0 bridgehead atoms. The summed E-state index contributed by atoms with van der Waals surface area (Å²) in [5.41, 5.74) is 13.3. The van der Waals surface area contributed by atoms with Crippen molar-refractivity contribution in [1.29, 1.82) is 0 Å². The summed E-state index contributed by atoms with van der Waals surface area (Å²) in [6.07, 6.45) is 2.50. The maximum absolute atomic E-state index is 12.3. The van der Waals surface area contributed by atoms with Gasteiger partial charge < -0.3 is 16.5 Å². The van der Waals surface area contributed by atoms with Gasteiger partial charge in [0.05, 0.1) is 5.69 Å². The van der Waals surface area contributed by atoms with Gasteiger partial charge >= 0.3 is 0 Å². The third-order valence-corrected chi connectivity index (χ3v) is 5.52. The maximum Gasteiger partial charge on any atom is 0.254 e. The van der Waals surface area contributed by atoms with Crippen LogP contribution in [0.15, 0.2) is 15.2 Å². The molecule has 0 saturated heterocycles. The predicted octanol–water partition coefficient (Wildman–Crippen LogP) is 2.50. The first kappa shape index (κ1) is 20.4. The number of nitrogens with two attached hydrogens (primary N) is 2. The van der Waals surface area contributed by atoms with Crippen LogP contribution in [0.25, 0.3) is 0 Å². The zero-order valence-corrected chi connectivity index (χ0v) is 17.0. The minimum Gasteiger partial charge on any atom is -0.370 e. The fourth-order valence-corrected chi connectivity index (χ4v) is 4.03. The largest absolute Gasteiger partial charge is 0.370 e. The first-order valence-electron chi connectivity index (χ1n) is 8.55. The lowest BCUT2D eigenvalue weighted by Crippen LogP contribution is -2.21. The van der Waals surface area contributed by atoms with Crippen LogP contribution in [0, 0.1) is 12.8 Å². The second-order valence-corrected chi connectivity index (χ2v) is 8.41. The molecule has 0 radical (unpaired) electrons. The van der Waals surface area contributed by atoms with E-state index >= 15 is 0 Å². The molecule has 0 atom stereocenters. The molecule has 2 aromatic rings. The Kier molecular flexibility index (Phi) is 7.65. The van der Waals surface area contributed by atoms with Gasteiger partial charge in [0.15, 0.2) is 5.96 Å². The molecule has 26 heavy (non-hydrogen) atoms. The normalized spacial score (nSPS) is 11.1. The van der Waals surface area contributed by atoms with Crippen molar-refractivity contribution < 1.29 is 0 Å². The first-order valence-corrected chi connectivity index (χ1v) is 10.6. The average Bonchev–Trinajstić information content (AvgIpc) is 2.97. The van der Waals surface area contributed by atoms with Crippen molar-refractivity contribution in [2.24, 2.45) is 22.4 Å². The highest BCUT2D eigenvalue weighted by atomic mass is 32.2. The molecule has 0 saturated carbocycles. The molecular formula is C17H26N6OS2. The van der Waals surface area contributed by atoms with Crippen molar-refractivity contribution in [2.45, 2.75) is 45.8 Å². The number of hydrogen-bond acceptors (Lipinski definition) is 6. The lowest BCUT2D eigenvalue weighted by Gasteiger charge is -2.08. The van der Waals surface area contributed by atoms with Crippen LogP contribution >= 0.6 is 23.1 Å². The minimum absolute atomic E-state index is 0.000437. The Labute approximate surface area is 161 Å². The summed E-state index contributed by atoms with van der Waals surface area (Å²) in [6.45, 7) is 6.23. The SMILES string of the molecule is Cc1nc(CCSCc2csc(N=C(N)N)n2)[nH]c(=O)c1CCC(C)C. The van der Waals surface area contributed by atoms with Gasteiger partial charge in [-0.15, -0.1) is 11.3 Å². The van der Waals surface area contributed by atoms with Crippen LogP contribution in [0.1, 0.15) is 43.0 Å². The Morgan fingerprint density at radius 2 is 2.12 bits per heavy atom. The third kappa shape index (κ3) is 6.45. The number of aryl methyl sites for hydroxylation is 2. The molecule has 5 N–H and O–H groups in total. The standard InChI is InChI=1S/C17H26N6OS2/c1-10(2)4-5-13-11(3)20-14(22-15(13)24)6-7-25-8-12-9-26-17(21-12)23-16(18)19/h9-10H,4-8H2,1-3H3,(H,20,22,24)(H4,18,19,21,23). The topological polar surface area (TPSA) is 123 Å². The highest BCUT2D eigenvalue weighted by Crippen LogP contribution is 2.22. The highest BCUT2D eigenvalue weighted by molar-refractivity contribution is 7.98. The lowest BCUT2D eigenvalue weighted by atomic mass is 10.0. The van der Waals surface area contributed by atoms with E-state index in [0.717, 1.165) is 53.5 Å². The van der Waals surface area contributed by atoms with Gasteiger partial charge in [-0.1, -0.05) is 13.8 Å². The summed E-state index contributed by atoms with van der Waals surface area (Å²) in [5, 5.41) is 2.52. The maximum atomic E-state index is 12.3. The summed E-state index contributed by atoms with van der Waals surface area (Å²) in [7, 11) is 0. The van der Waals surface area contributed by atoms with Crippen LogP contribution in [0.2, 0.25) is 0 Å². The van der Waals surface area contributed by atoms with Gasteiger partial charge in [0.2, 0.25) is 5.13 Å². The Morgan fingerprint density at radius 1 is 1.35 bits per heavy atom. The van der Waals surface area contributed by atoms with E-state index < -0.39 is 0 Å². The molecule has 0 aliphatic carbocycles. The molecule has 0 amide bonds. The smallest absolute Gasteiger partial charge is 0.254 e. The zero-order chi connectivity index (χ0) is 19.1. The number of H-pyrrole nitrogens is 1. The van der Waals surface area contributed by atoms with Crippen molar-refractivity contribution in [3.8, 4) is 0 Å². The number of rotatable bonds is 9. The van der Waals surface area contributed by atoms with Gasteiger partial charge in [-0.05, 0) is 25.7 Å². The summed E-state index contributed by atoms with van der Waals surface area (Å²) in [5.74, 6) is 2.95. The van der Waals surface area contributed by atoms with Crippen LogP contribution in [-0.4, -0.2) is 26.7 Å². The predicted molar refractivity (Wildman–Crippen MR) is 110 cm³/mol. The van der Waals surface area contributed by atoms with Crippen molar-refractivity contribution in [1.82, 2.24) is 15.0 Å². The molecule has 142 valence electrons. The molecule has 0 aliphatic heterocycles. The summed E-state index contributed by atoms with van der Waals surface area (Å²) < 4.78 is 0. The van der Waals surface area contributed by atoms with Crippen molar-refractivity contribution >= 4 is 34.2 Å². The first-order chi connectivity index (χ1) is 12.3. The van der Waals surface area contributed by atoms with Crippen LogP contribution in [0.3, 0.4) is 0 Å². The van der Waals surface area contributed by atoms with E-state index in [4.69, 9.17) is 11.5 Å². The molecule has 0 spiro atoms. The summed E-state index contributed by atoms with van der Waals surface area (Å²) in [4.78, 5) is 28.0. The van der Waals surface area contributed by atoms with E-state index in [-0.39, 0.29) is 11.5 Å². The number of aliphatic imine (C=N–C) groups is 1. The molecule has 0 aromatic carbocycles. The number of nitrogens with one attached hydrogen (secondary N) is 1. The molecule has 0 unspecified atom stereocenters. The van der Waals surface area contributed by atoms with E-state index in [2.05, 4.69) is 33.8 Å². The number of thiazole rings is 1. The van der Waals surface area contributed by atoms with E-state index in [1.165, 1.54) is 11.3 Å². The number of hydrogen-bond donors (Lipinski definition) is 3. The Hall–Kier alpha value is -1.87. The van der Waals surface area contributed by atoms with Gasteiger partial charge in [0, 0.05) is 34.6 Å². The molecule has 7 nitrogen and oxygen atoms in total. The van der Waals surface area contributed by atoms with E-state index in [9.17, 15) is 4.79 Å². The van der Waals surface area contributed by atoms with E-state index in [0.29, 0.717) is 11.0 Å². The van der Waals surface area contributed by atoms with Gasteiger partial charge in [0.1, 0.15) is 5.82 Å². The number of nitrogens with zero attached hydrogens (tertiary/aromatic N) is 3. The Morgan fingerprint density at radius 3 is 2.77 bits per heavy atom. The second-order valence-electron chi connectivity index (χ2n) is 6.47. The fraction of sp³-hybridized carbons (Fsp3) is 0.529. The zero-order valence-electron chi connectivity index (χ0n) is 15.4. The number of aromatic amines is 1. The monoisotopic (exact) mass is 394 g/mol. The van der Waals surface area contributed by atoms with Crippen LogP contribution < -0.4 is 17.0 Å². The lowest BCUT2D eigenvalue weighted by molar-refractivity contribution is 0.581. The second kappa shape index (κ2) is 9.72. The van der Waals surface area contributed by atoms with Gasteiger partial charge in [-0.25, -0.2) is 9.97 Å². The highest BCUT2D eigenvalue weighted by Gasteiger charge is 2.09. The van der Waals surface area contributed by atoms with Gasteiger partial charge in [-0.3, -0.25) is 4.79 Å². The average molecular weight is 395 g/mol. The Balaban J connectivity index is 1.85. The molecular weight excluding hydrogens is 368 g/mol. The molecule has 9 heteroatoms. The van der Waals surface area contributed by atoms with Crippen LogP contribution in [0.4, 0.5) is 5.13 Å². The van der Waals surface area contributed by atoms with E-state index in [1.807, 2.05) is 12.3 Å². The van der Waals surface area contributed by atoms with Crippen molar-refractivity contribution in [3.63, 3.8) is 0 Å². The Bertz CT molecular complexity index is 808. The van der Waals surface area contributed by atoms with Crippen LogP contribution in [0.5, 0.6) is 0 Å². The minimum atomic E-state index is -0.000437. The van der Waals surface area contributed by atoms with Crippen molar-refractivity contribution in [2.75, 3.05) is 5.75 Å². The molecule has 2 rings (SSSR count). The van der Waals surface area contributed by atoms with Gasteiger partial charge in [-0.2, -0.15) is 16.8 Å². The molecule has 2 aromatic heterocycles.